The lowest BCUT2D eigenvalue weighted by atomic mass is 9.94. The van der Waals surface area contributed by atoms with Gasteiger partial charge < -0.3 is 24.8 Å². The van der Waals surface area contributed by atoms with E-state index < -0.39 is 18.0 Å². The first-order valence-electron chi connectivity index (χ1n) is 9.43. The number of rotatable bonds is 7. The Bertz CT molecular complexity index is 972. The smallest absolute Gasteiger partial charge is 0.338 e. The van der Waals surface area contributed by atoms with Crippen molar-refractivity contribution in [3.05, 3.63) is 70.7 Å². The van der Waals surface area contributed by atoms with Gasteiger partial charge in [-0.1, -0.05) is 6.07 Å². The molecule has 158 valence electrons. The van der Waals surface area contributed by atoms with E-state index in [1.54, 1.807) is 32.0 Å². The minimum atomic E-state index is -0.687. The fourth-order valence-corrected chi connectivity index (χ4v) is 3.21. The number of hydrogen-bond donors (Lipinski definition) is 2. The molecule has 2 amide bonds. The second-order valence-corrected chi connectivity index (χ2v) is 6.60. The lowest BCUT2D eigenvalue weighted by molar-refractivity contribution is -0.139. The first-order valence-corrected chi connectivity index (χ1v) is 9.43. The zero-order valence-corrected chi connectivity index (χ0v) is 17.0. The Morgan fingerprint density at radius 3 is 2.57 bits per heavy atom. The van der Waals surface area contributed by atoms with E-state index in [-0.39, 0.29) is 19.0 Å². The van der Waals surface area contributed by atoms with Crippen LogP contribution in [0.15, 0.2) is 53.7 Å². The number of benzene rings is 2. The molecule has 1 atom stereocenters. The summed E-state index contributed by atoms with van der Waals surface area (Å²) in [6, 6.07) is 9.89. The van der Waals surface area contributed by atoms with E-state index >= 15 is 0 Å². The highest BCUT2D eigenvalue weighted by molar-refractivity contribution is 5.95. The summed E-state index contributed by atoms with van der Waals surface area (Å²) in [6.07, 6.45) is 0. The number of carbonyl (C=O) groups excluding carboxylic acids is 2. The lowest BCUT2D eigenvalue weighted by Gasteiger charge is -2.28. The van der Waals surface area contributed by atoms with Gasteiger partial charge in [-0.25, -0.2) is 14.0 Å². The molecular formula is C22H23FN2O5. The van der Waals surface area contributed by atoms with E-state index in [1.165, 1.54) is 31.4 Å². The topological polar surface area (TPSA) is 85.9 Å². The molecule has 0 bridgehead atoms. The van der Waals surface area contributed by atoms with Crippen LogP contribution in [0.5, 0.6) is 11.5 Å². The van der Waals surface area contributed by atoms with E-state index in [4.69, 9.17) is 14.2 Å². The number of methoxy groups -OCH3 is 1. The van der Waals surface area contributed by atoms with E-state index in [0.29, 0.717) is 33.9 Å². The summed E-state index contributed by atoms with van der Waals surface area (Å²) in [7, 11) is 1.54. The average Bonchev–Trinajstić information content (AvgIpc) is 2.72. The van der Waals surface area contributed by atoms with Crippen LogP contribution in [-0.4, -0.2) is 25.7 Å². The molecule has 0 aliphatic carbocycles. The van der Waals surface area contributed by atoms with Crippen molar-refractivity contribution >= 4 is 12.0 Å². The number of urea groups is 1. The highest BCUT2D eigenvalue weighted by Crippen LogP contribution is 2.31. The maximum absolute atomic E-state index is 13.1. The zero-order chi connectivity index (χ0) is 21.7. The maximum Gasteiger partial charge on any atom is 0.338 e. The van der Waals surface area contributed by atoms with Gasteiger partial charge in [0.15, 0.2) is 0 Å². The molecule has 1 aliphatic heterocycles. The van der Waals surface area contributed by atoms with E-state index in [9.17, 15) is 14.0 Å². The summed E-state index contributed by atoms with van der Waals surface area (Å²) in [5, 5.41) is 5.37. The summed E-state index contributed by atoms with van der Waals surface area (Å²) in [5.74, 6) is 0.228. The minimum absolute atomic E-state index is 0.152. The summed E-state index contributed by atoms with van der Waals surface area (Å²) in [6.45, 7) is 3.74. The number of amides is 2. The first kappa shape index (κ1) is 21.2. The molecule has 0 spiro atoms. The predicted octanol–water partition coefficient (Wildman–Crippen LogP) is 3.60. The molecule has 8 heteroatoms. The second kappa shape index (κ2) is 9.30. The van der Waals surface area contributed by atoms with Crippen LogP contribution in [0.3, 0.4) is 0 Å². The highest BCUT2D eigenvalue weighted by atomic mass is 19.1. The van der Waals surface area contributed by atoms with Gasteiger partial charge in [0.2, 0.25) is 0 Å². The minimum Gasteiger partial charge on any atom is -0.496 e. The Morgan fingerprint density at radius 2 is 1.90 bits per heavy atom. The normalized spacial score (nSPS) is 15.9. The molecule has 0 aromatic heterocycles. The zero-order valence-electron chi connectivity index (χ0n) is 17.0. The van der Waals surface area contributed by atoms with E-state index in [1.807, 2.05) is 0 Å². The fraction of sp³-hybridized carbons (Fsp3) is 0.273. The van der Waals surface area contributed by atoms with Crippen LogP contribution in [0.2, 0.25) is 0 Å². The van der Waals surface area contributed by atoms with Gasteiger partial charge in [0.05, 0.1) is 25.3 Å². The number of halogens is 1. The molecule has 2 N–H and O–H groups in total. The number of hydrogen-bond acceptors (Lipinski definition) is 5. The summed E-state index contributed by atoms with van der Waals surface area (Å²) in [5.41, 5.74) is 2.13. The average molecular weight is 414 g/mol. The summed E-state index contributed by atoms with van der Waals surface area (Å²) >= 11 is 0. The lowest BCUT2D eigenvalue weighted by Crippen LogP contribution is -2.45. The van der Waals surface area contributed by atoms with E-state index in [2.05, 4.69) is 10.6 Å². The van der Waals surface area contributed by atoms with Crippen LogP contribution >= 0.6 is 0 Å². The summed E-state index contributed by atoms with van der Waals surface area (Å²) in [4.78, 5) is 24.5. The molecule has 0 radical (unpaired) electrons. The van der Waals surface area contributed by atoms with Crippen molar-refractivity contribution in [3.63, 3.8) is 0 Å². The first-order chi connectivity index (χ1) is 14.4. The van der Waals surface area contributed by atoms with Crippen molar-refractivity contribution in [1.82, 2.24) is 10.6 Å². The molecule has 2 aromatic carbocycles. The SMILES string of the molecule is CCOC(=O)C1=C(C)NC(=O)NC1c1ccc(OC)c(COc2ccc(F)cc2)c1. The third-order valence-electron chi connectivity index (χ3n) is 4.61. The van der Waals surface area contributed by atoms with Gasteiger partial charge in [-0.15, -0.1) is 0 Å². The predicted molar refractivity (Wildman–Crippen MR) is 107 cm³/mol. The Morgan fingerprint density at radius 1 is 1.17 bits per heavy atom. The monoisotopic (exact) mass is 414 g/mol. The number of allylic oxidation sites excluding steroid dienone is 1. The van der Waals surface area contributed by atoms with Gasteiger partial charge in [-0.3, -0.25) is 0 Å². The molecule has 2 aromatic rings. The van der Waals surface area contributed by atoms with Gasteiger partial charge in [-0.2, -0.15) is 0 Å². The molecule has 1 heterocycles. The molecule has 1 aliphatic rings. The molecule has 0 fully saturated rings. The number of carbonyl (C=O) groups is 2. The van der Waals surface area contributed by atoms with Crippen molar-refractivity contribution in [2.75, 3.05) is 13.7 Å². The second-order valence-electron chi connectivity index (χ2n) is 6.60. The van der Waals surface area contributed by atoms with Crippen LogP contribution in [0.25, 0.3) is 0 Å². The van der Waals surface area contributed by atoms with Crippen LogP contribution in [0.4, 0.5) is 9.18 Å². The highest BCUT2D eigenvalue weighted by Gasteiger charge is 2.32. The number of esters is 1. The summed E-state index contributed by atoms with van der Waals surface area (Å²) < 4.78 is 29.4. The molecule has 1 unspecified atom stereocenters. The molecule has 0 saturated heterocycles. The quantitative estimate of drug-likeness (QED) is 0.676. The van der Waals surface area contributed by atoms with Gasteiger partial charge in [0.25, 0.3) is 0 Å². The van der Waals surface area contributed by atoms with Gasteiger partial charge in [0.1, 0.15) is 23.9 Å². The maximum atomic E-state index is 13.1. The Kier molecular flexibility index (Phi) is 6.56. The van der Waals surface area contributed by atoms with E-state index in [0.717, 1.165) is 0 Å². The van der Waals surface area contributed by atoms with Crippen LogP contribution < -0.4 is 20.1 Å². The van der Waals surface area contributed by atoms with Crippen LogP contribution in [-0.2, 0) is 16.1 Å². The molecule has 0 saturated carbocycles. The van der Waals surface area contributed by atoms with Crippen molar-refractivity contribution in [3.8, 4) is 11.5 Å². The molecule has 7 nitrogen and oxygen atoms in total. The molecule has 3 rings (SSSR count). The van der Waals surface area contributed by atoms with Crippen molar-refractivity contribution in [1.29, 1.82) is 0 Å². The van der Waals surface area contributed by atoms with Gasteiger partial charge in [0, 0.05) is 11.3 Å². The van der Waals surface area contributed by atoms with Gasteiger partial charge >= 0.3 is 12.0 Å². The Labute approximate surface area is 173 Å². The third kappa shape index (κ3) is 4.71. The number of nitrogens with one attached hydrogen (secondary N) is 2. The van der Waals surface area contributed by atoms with Crippen molar-refractivity contribution in [2.45, 2.75) is 26.5 Å². The molecular weight excluding hydrogens is 391 g/mol. The largest absolute Gasteiger partial charge is 0.496 e. The van der Waals surface area contributed by atoms with Crippen LogP contribution in [0, 0.1) is 5.82 Å². The number of ether oxygens (including phenoxy) is 3. The Balaban J connectivity index is 1.91. The Hall–Kier alpha value is -3.55. The standard InChI is InChI=1S/C22H23FN2O5/c1-4-29-21(26)19-13(2)24-22(27)25-20(19)14-5-10-18(28-3)15(11-14)12-30-17-8-6-16(23)7-9-17/h5-11,20H,4,12H2,1-3H3,(H2,24,25,27). The third-order valence-corrected chi connectivity index (χ3v) is 4.61. The molecule has 30 heavy (non-hydrogen) atoms. The van der Waals surface area contributed by atoms with Crippen molar-refractivity contribution in [2.24, 2.45) is 0 Å². The van der Waals surface area contributed by atoms with Crippen LogP contribution in [0.1, 0.15) is 31.0 Å². The fourth-order valence-electron chi connectivity index (χ4n) is 3.21. The van der Waals surface area contributed by atoms with Gasteiger partial charge in [-0.05, 0) is 55.8 Å². The van der Waals surface area contributed by atoms with Crippen molar-refractivity contribution < 1.29 is 28.2 Å².